The van der Waals surface area contributed by atoms with E-state index in [1.165, 1.54) is 6.92 Å². The minimum atomic E-state index is -0.00259. The number of Topliss-reactive ketones (excluding diaryl/α,β-unsaturated/α-hetero) is 1. The molecule has 0 saturated heterocycles. The molecule has 0 spiro atoms. The first-order chi connectivity index (χ1) is 5.77. The van der Waals surface area contributed by atoms with Crippen molar-refractivity contribution in [2.24, 2.45) is 0 Å². The third kappa shape index (κ3) is 1.11. The summed E-state index contributed by atoms with van der Waals surface area (Å²) < 4.78 is 0. The topological polar surface area (TPSA) is 42.9 Å². The normalized spacial score (nSPS) is 14.4. The van der Waals surface area contributed by atoms with Gasteiger partial charge in [-0.1, -0.05) is 0 Å². The van der Waals surface area contributed by atoms with Gasteiger partial charge in [-0.15, -0.1) is 0 Å². The monoisotopic (exact) mass is 162 g/mol. The Morgan fingerprint density at radius 1 is 1.42 bits per heavy atom. The summed E-state index contributed by atoms with van der Waals surface area (Å²) >= 11 is 0. The number of fused-ring (bicyclic) bond motifs is 1. The first-order valence-electron chi connectivity index (χ1n) is 4.13. The summed E-state index contributed by atoms with van der Waals surface area (Å²) in [6, 6.07) is 0. The first-order valence-corrected chi connectivity index (χ1v) is 4.13. The zero-order valence-corrected chi connectivity index (χ0v) is 7.00. The molecule has 0 atom stereocenters. The van der Waals surface area contributed by atoms with Gasteiger partial charge in [0, 0.05) is 6.92 Å². The van der Waals surface area contributed by atoms with E-state index in [-0.39, 0.29) is 5.78 Å². The molecule has 3 heteroatoms. The molecule has 0 radical (unpaired) electrons. The summed E-state index contributed by atoms with van der Waals surface area (Å²) in [6.45, 7) is 1.52. The minimum Gasteiger partial charge on any atom is -0.293 e. The summed E-state index contributed by atoms with van der Waals surface area (Å²) in [5, 5.41) is 0. The summed E-state index contributed by atoms with van der Waals surface area (Å²) in [7, 11) is 0. The SMILES string of the molecule is CC(=O)c1cnc2c(n1)CCC2. The number of rotatable bonds is 1. The summed E-state index contributed by atoms with van der Waals surface area (Å²) in [6.07, 6.45) is 4.69. The highest BCUT2D eigenvalue weighted by Crippen LogP contribution is 2.17. The van der Waals surface area contributed by atoms with E-state index in [0.717, 1.165) is 30.7 Å². The molecule has 0 N–H and O–H groups in total. The van der Waals surface area contributed by atoms with Crippen molar-refractivity contribution in [3.05, 3.63) is 23.3 Å². The molecule has 0 aromatic carbocycles. The van der Waals surface area contributed by atoms with Crippen molar-refractivity contribution in [2.75, 3.05) is 0 Å². The third-order valence-corrected chi connectivity index (χ3v) is 2.12. The van der Waals surface area contributed by atoms with Gasteiger partial charge in [0.2, 0.25) is 0 Å². The average molecular weight is 162 g/mol. The second kappa shape index (κ2) is 2.66. The second-order valence-corrected chi connectivity index (χ2v) is 3.06. The fourth-order valence-electron chi connectivity index (χ4n) is 1.45. The van der Waals surface area contributed by atoms with Crippen molar-refractivity contribution in [3.8, 4) is 0 Å². The molecule has 62 valence electrons. The van der Waals surface area contributed by atoms with E-state index in [0.29, 0.717) is 5.69 Å². The molecule has 3 nitrogen and oxygen atoms in total. The number of carbonyl (C=O) groups is 1. The van der Waals surface area contributed by atoms with E-state index in [9.17, 15) is 4.79 Å². The van der Waals surface area contributed by atoms with Crippen LogP contribution in [0.25, 0.3) is 0 Å². The fraction of sp³-hybridized carbons (Fsp3) is 0.444. The Morgan fingerprint density at radius 3 is 2.92 bits per heavy atom. The number of aryl methyl sites for hydroxylation is 2. The summed E-state index contributed by atoms with van der Waals surface area (Å²) in [4.78, 5) is 19.4. The smallest absolute Gasteiger partial charge is 0.179 e. The Bertz CT molecular complexity index is 333. The molecule has 1 aromatic heterocycles. The predicted molar refractivity (Wildman–Crippen MR) is 44.1 cm³/mol. The Morgan fingerprint density at radius 2 is 2.17 bits per heavy atom. The van der Waals surface area contributed by atoms with Crippen molar-refractivity contribution in [3.63, 3.8) is 0 Å². The van der Waals surface area contributed by atoms with Crippen LogP contribution in [0.5, 0.6) is 0 Å². The molecular weight excluding hydrogens is 152 g/mol. The first kappa shape index (κ1) is 7.40. The Labute approximate surface area is 70.9 Å². The molecule has 1 heterocycles. The zero-order chi connectivity index (χ0) is 8.55. The van der Waals surface area contributed by atoms with Gasteiger partial charge in [0.1, 0.15) is 5.69 Å². The maximum Gasteiger partial charge on any atom is 0.179 e. The molecule has 0 amide bonds. The van der Waals surface area contributed by atoms with E-state index in [4.69, 9.17) is 0 Å². The second-order valence-electron chi connectivity index (χ2n) is 3.06. The van der Waals surface area contributed by atoms with Gasteiger partial charge >= 0.3 is 0 Å². The van der Waals surface area contributed by atoms with Gasteiger partial charge in [0.25, 0.3) is 0 Å². The lowest BCUT2D eigenvalue weighted by Crippen LogP contribution is -2.02. The van der Waals surface area contributed by atoms with Crippen LogP contribution in [-0.2, 0) is 12.8 Å². The van der Waals surface area contributed by atoms with Crippen molar-refractivity contribution in [2.45, 2.75) is 26.2 Å². The lowest BCUT2D eigenvalue weighted by atomic mass is 10.3. The largest absolute Gasteiger partial charge is 0.293 e. The molecule has 12 heavy (non-hydrogen) atoms. The lowest BCUT2D eigenvalue weighted by Gasteiger charge is -1.98. The third-order valence-electron chi connectivity index (χ3n) is 2.12. The van der Waals surface area contributed by atoms with E-state index in [1.54, 1.807) is 6.20 Å². The number of nitrogens with zero attached hydrogens (tertiary/aromatic N) is 2. The summed E-state index contributed by atoms with van der Waals surface area (Å²) in [5.74, 6) is -0.00259. The van der Waals surface area contributed by atoms with Gasteiger partial charge in [-0.2, -0.15) is 0 Å². The molecule has 0 bridgehead atoms. The Hall–Kier alpha value is -1.25. The molecular formula is C9H10N2O. The van der Waals surface area contributed by atoms with Gasteiger partial charge in [0.15, 0.2) is 5.78 Å². The maximum atomic E-state index is 10.9. The number of aromatic nitrogens is 2. The van der Waals surface area contributed by atoms with Crippen LogP contribution in [0.15, 0.2) is 6.20 Å². The predicted octanol–water partition coefficient (Wildman–Crippen LogP) is 1.17. The Kier molecular flexibility index (Phi) is 1.64. The molecule has 0 aliphatic heterocycles. The van der Waals surface area contributed by atoms with E-state index >= 15 is 0 Å². The van der Waals surface area contributed by atoms with Crippen molar-refractivity contribution in [1.29, 1.82) is 0 Å². The van der Waals surface area contributed by atoms with Crippen LogP contribution < -0.4 is 0 Å². The fourth-order valence-corrected chi connectivity index (χ4v) is 1.45. The van der Waals surface area contributed by atoms with Crippen LogP contribution in [0.3, 0.4) is 0 Å². The molecule has 0 unspecified atom stereocenters. The number of carbonyl (C=O) groups excluding carboxylic acids is 1. The highest BCUT2D eigenvalue weighted by molar-refractivity contribution is 5.91. The Balaban J connectivity index is 2.45. The van der Waals surface area contributed by atoms with Gasteiger partial charge in [0.05, 0.1) is 17.6 Å². The lowest BCUT2D eigenvalue weighted by molar-refractivity contribution is 0.101. The molecule has 0 saturated carbocycles. The standard InChI is InChI=1S/C9H10N2O/c1-6(12)9-5-10-7-3-2-4-8(7)11-9/h5H,2-4H2,1H3. The van der Waals surface area contributed by atoms with Crippen molar-refractivity contribution in [1.82, 2.24) is 9.97 Å². The van der Waals surface area contributed by atoms with Crippen LogP contribution in [-0.4, -0.2) is 15.8 Å². The number of hydrogen-bond acceptors (Lipinski definition) is 3. The zero-order valence-electron chi connectivity index (χ0n) is 7.00. The van der Waals surface area contributed by atoms with Crippen LogP contribution in [0.2, 0.25) is 0 Å². The van der Waals surface area contributed by atoms with E-state index in [2.05, 4.69) is 9.97 Å². The minimum absolute atomic E-state index is 0.00259. The highest BCUT2D eigenvalue weighted by Gasteiger charge is 2.14. The highest BCUT2D eigenvalue weighted by atomic mass is 16.1. The molecule has 1 aliphatic rings. The van der Waals surface area contributed by atoms with Gasteiger partial charge in [-0.05, 0) is 19.3 Å². The van der Waals surface area contributed by atoms with E-state index in [1.807, 2.05) is 0 Å². The summed E-state index contributed by atoms with van der Waals surface area (Å²) in [5.41, 5.74) is 2.58. The van der Waals surface area contributed by atoms with Crippen LogP contribution >= 0.6 is 0 Å². The number of hydrogen-bond donors (Lipinski definition) is 0. The van der Waals surface area contributed by atoms with Gasteiger partial charge < -0.3 is 0 Å². The number of ketones is 1. The van der Waals surface area contributed by atoms with Crippen LogP contribution in [0.4, 0.5) is 0 Å². The maximum absolute atomic E-state index is 10.9. The van der Waals surface area contributed by atoms with Crippen LogP contribution in [0.1, 0.15) is 35.2 Å². The van der Waals surface area contributed by atoms with Crippen molar-refractivity contribution >= 4 is 5.78 Å². The van der Waals surface area contributed by atoms with Gasteiger partial charge in [-0.3, -0.25) is 9.78 Å². The van der Waals surface area contributed by atoms with E-state index < -0.39 is 0 Å². The average Bonchev–Trinajstić information content (AvgIpc) is 2.49. The van der Waals surface area contributed by atoms with Gasteiger partial charge in [-0.25, -0.2) is 4.98 Å². The molecule has 1 aromatic rings. The van der Waals surface area contributed by atoms with Crippen molar-refractivity contribution < 1.29 is 4.79 Å². The molecule has 0 fully saturated rings. The molecule has 2 rings (SSSR count). The van der Waals surface area contributed by atoms with Crippen LogP contribution in [0, 0.1) is 0 Å². The molecule has 1 aliphatic carbocycles. The quantitative estimate of drug-likeness (QED) is 0.582.